The Morgan fingerprint density at radius 3 is 2.65 bits per heavy atom. The second kappa shape index (κ2) is 9.15. The van der Waals surface area contributed by atoms with E-state index in [0.717, 1.165) is 16.9 Å². The third kappa shape index (κ3) is 5.16. The molecule has 0 saturated carbocycles. The van der Waals surface area contributed by atoms with Crippen LogP contribution in [0.2, 0.25) is 0 Å². The molecule has 0 saturated heterocycles. The summed E-state index contributed by atoms with van der Waals surface area (Å²) < 4.78 is 5.91. The van der Waals surface area contributed by atoms with E-state index in [9.17, 15) is 9.59 Å². The molecular weight excluding hydrogens is 398 g/mol. The van der Waals surface area contributed by atoms with Crippen molar-refractivity contribution in [2.24, 2.45) is 5.10 Å². The summed E-state index contributed by atoms with van der Waals surface area (Å²) in [6.07, 6.45) is 1.52. The first-order valence-electron chi connectivity index (χ1n) is 7.95. The van der Waals surface area contributed by atoms with Gasteiger partial charge in [-0.25, -0.2) is 5.43 Å². The van der Waals surface area contributed by atoms with Crippen LogP contribution in [0.5, 0.6) is 5.75 Å². The number of hydrogen-bond donors (Lipinski definition) is 2. The molecule has 6 nitrogen and oxygen atoms in total. The van der Waals surface area contributed by atoms with Crippen LogP contribution < -0.4 is 15.5 Å². The summed E-state index contributed by atoms with van der Waals surface area (Å²) in [5.41, 5.74) is 4.68. The van der Waals surface area contributed by atoms with Gasteiger partial charge in [-0.3, -0.25) is 9.59 Å². The van der Waals surface area contributed by atoms with Crippen molar-refractivity contribution in [1.82, 2.24) is 10.7 Å². The molecule has 1 unspecified atom stereocenters. The Morgan fingerprint density at radius 2 is 1.96 bits per heavy atom. The maximum Gasteiger partial charge on any atom is 0.262 e. The van der Waals surface area contributed by atoms with Gasteiger partial charge in [0.2, 0.25) is 0 Å². The van der Waals surface area contributed by atoms with Crippen molar-refractivity contribution in [2.75, 3.05) is 7.11 Å². The molecule has 0 aliphatic rings. The quantitative estimate of drug-likeness (QED) is 0.559. The zero-order chi connectivity index (χ0) is 19.1. The highest BCUT2D eigenvalue weighted by molar-refractivity contribution is 9.10. The fourth-order valence-electron chi connectivity index (χ4n) is 2.17. The van der Waals surface area contributed by atoms with Gasteiger partial charge < -0.3 is 10.1 Å². The van der Waals surface area contributed by atoms with Crippen LogP contribution in [0.3, 0.4) is 0 Å². The van der Waals surface area contributed by atoms with Gasteiger partial charge in [-0.05, 0) is 59.1 Å². The number of carbonyl (C=O) groups is 2. The first-order chi connectivity index (χ1) is 12.4. The van der Waals surface area contributed by atoms with Gasteiger partial charge >= 0.3 is 0 Å². The first-order valence-corrected chi connectivity index (χ1v) is 8.74. The van der Waals surface area contributed by atoms with Gasteiger partial charge in [-0.15, -0.1) is 0 Å². The second-order valence-corrected chi connectivity index (χ2v) is 6.49. The number of aryl methyl sites for hydroxylation is 1. The van der Waals surface area contributed by atoms with Crippen LogP contribution in [-0.2, 0) is 4.79 Å². The Labute approximate surface area is 160 Å². The van der Waals surface area contributed by atoms with Crippen molar-refractivity contribution < 1.29 is 14.3 Å². The minimum Gasteiger partial charge on any atom is -0.496 e. The summed E-state index contributed by atoms with van der Waals surface area (Å²) >= 11 is 3.31. The van der Waals surface area contributed by atoms with Gasteiger partial charge in [0.25, 0.3) is 11.8 Å². The van der Waals surface area contributed by atoms with Gasteiger partial charge in [0.1, 0.15) is 11.8 Å². The Kier molecular flexibility index (Phi) is 6.91. The standard InChI is InChI=1S/C19H20BrN3O3/c1-12-8-9-14(10-17(12)26-3)11-21-23-18(24)13(2)22-19(25)15-6-4-5-7-16(15)20/h4-11,13H,1-3H3,(H,22,25)(H,23,24). The van der Waals surface area contributed by atoms with Crippen LogP contribution in [0.25, 0.3) is 0 Å². The number of ether oxygens (including phenoxy) is 1. The second-order valence-electron chi connectivity index (χ2n) is 5.64. The topological polar surface area (TPSA) is 79.8 Å². The van der Waals surface area contributed by atoms with Crippen molar-refractivity contribution in [1.29, 1.82) is 0 Å². The summed E-state index contributed by atoms with van der Waals surface area (Å²) in [7, 11) is 1.60. The highest BCUT2D eigenvalue weighted by Gasteiger charge is 2.17. The number of rotatable bonds is 6. The van der Waals surface area contributed by atoms with Gasteiger partial charge in [-0.1, -0.05) is 24.3 Å². The maximum atomic E-state index is 12.2. The van der Waals surface area contributed by atoms with Gasteiger partial charge in [0.05, 0.1) is 18.9 Å². The van der Waals surface area contributed by atoms with Crippen LogP contribution in [-0.4, -0.2) is 31.2 Å². The molecule has 0 spiro atoms. The molecular formula is C19H20BrN3O3. The van der Waals surface area contributed by atoms with Gasteiger partial charge in [-0.2, -0.15) is 5.10 Å². The molecule has 2 aromatic rings. The van der Waals surface area contributed by atoms with E-state index in [2.05, 4.69) is 31.8 Å². The van der Waals surface area contributed by atoms with E-state index in [1.807, 2.05) is 31.2 Å². The lowest BCUT2D eigenvalue weighted by Gasteiger charge is -2.12. The van der Waals surface area contributed by atoms with Gasteiger partial charge in [0, 0.05) is 4.47 Å². The molecule has 7 heteroatoms. The van der Waals surface area contributed by atoms with Crippen LogP contribution in [0.4, 0.5) is 0 Å². The molecule has 0 bridgehead atoms. The van der Waals surface area contributed by atoms with E-state index in [1.54, 1.807) is 32.2 Å². The zero-order valence-corrected chi connectivity index (χ0v) is 16.3. The van der Waals surface area contributed by atoms with Crippen LogP contribution in [0.1, 0.15) is 28.4 Å². The fourth-order valence-corrected chi connectivity index (χ4v) is 2.63. The fraction of sp³-hybridized carbons (Fsp3) is 0.211. The number of methoxy groups -OCH3 is 1. The lowest BCUT2D eigenvalue weighted by atomic mass is 10.1. The molecule has 0 aliphatic carbocycles. The minimum absolute atomic E-state index is 0.340. The van der Waals surface area contributed by atoms with E-state index in [0.29, 0.717) is 10.0 Å². The van der Waals surface area contributed by atoms with Crippen molar-refractivity contribution in [3.8, 4) is 5.75 Å². The molecule has 0 aromatic heterocycles. The van der Waals surface area contributed by atoms with Crippen molar-refractivity contribution in [2.45, 2.75) is 19.9 Å². The number of nitrogens with one attached hydrogen (secondary N) is 2. The molecule has 0 heterocycles. The zero-order valence-electron chi connectivity index (χ0n) is 14.7. The predicted octanol–water partition coefficient (Wildman–Crippen LogP) is 3.03. The number of carbonyl (C=O) groups excluding carboxylic acids is 2. The number of benzene rings is 2. The summed E-state index contributed by atoms with van der Waals surface area (Å²) in [4.78, 5) is 24.3. The van der Waals surface area contributed by atoms with Crippen molar-refractivity contribution in [3.05, 3.63) is 63.6 Å². The van der Waals surface area contributed by atoms with Crippen molar-refractivity contribution >= 4 is 34.0 Å². The summed E-state index contributed by atoms with van der Waals surface area (Å²) in [6.45, 7) is 3.53. The Bertz CT molecular complexity index is 837. The SMILES string of the molecule is COc1cc(C=NNC(=O)C(C)NC(=O)c2ccccc2Br)ccc1C. The number of hydrogen-bond acceptors (Lipinski definition) is 4. The monoisotopic (exact) mass is 417 g/mol. The van der Waals surface area contributed by atoms with E-state index in [4.69, 9.17) is 4.74 Å². The summed E-state index contributed by atoms with van der Waals surface area (Å²) in [6, 6.07) is 11.9. The average molecular weight is 418 g/mol. The molecule has 0 fully saturated rings. The smallest absolute Gasteiger partial charge is 0.262 e. The molecule has 26 heavy (non-hydrogen) atoms. The predicted molar refractivity (Wildman–Crippen MR) is 105 cm³/mol. The van der Waals surface area contributed by atoms with Crippen LogP contribution in [0.15, 0.2) is 52.0 Å². The van der Waals surface area contributed by atoms with Crippen LogP contribution >= 0.6 is 15.9 Å². The molecule has 0 radical (unpaired) electrons. The maximum absolute atomic E-state index is 12.2. The molecule has 1 atom stereocenters. The Hall–Kier alpha value is -2.67. The summed E-state index contributed by atoms with van der Waals surface area (Å²) in [5.74, 6) is -0.0116. The average Bonchev–Trinajstić information content (AvgIpc) is 2.63. The number of nitrogens with zero attached hydrogens (tertiary/aromatic N) is 1. The molecule has 2 amide bonds. The molecule has 136 valence electrons. The highest BCUT2D eigenvalue weighted by atomic mass is 79.9. The minimum atomic E-state index is -0.737. The number of halogens is 1. The van der Waals surface area contributed by atoms with Crippen LogP contribution in [0, 0.1) is 6.92 Å². The Morgan fingerprint density at radius 1 is 1.23 bits per heavy atom. The molecule has 2 aromatic carbocycles. The van der Waals surface area contributed by atoms with E-state index < -0.39 is 11.9 Å². The van der Waals surface area contributed by atoms with Gasteiger partial charge in [0.15, 0.2) is 0 Å². The van der Waals surface area contributed by atoms with E-state index in [1.165, 1.54) is 6.21 Å². The number of amides is 2. The largest absolute Gasteiger partial charge is 0.496 e. The normalized spacial score (nSPS) is 11.8. The van der Waals surface area contributed by atoms with Crippen molar-refractivity contribution in [3.63, 3.8) is 0 Å². The summed E-state index contributed by atoms with van der Waals surface area (Å²) in [5, 5.41) is 6.56. The molecule has 0 aliphatic heterocycles. The molecule has 2 N–H and O–H groups in total. The lowest BCUT2D eigenvalue weighted by Crippen LogP contribution is -2.43. The van der Waals surface area contributed by atoms with E-state index in [-0.39, 0.29) is 5.91 Å². The first kappa shape index (κ1) is 19.7. The third-order valence-corrected chi connectivity index (χ3v) is 4.37. The number of hydrazone groups is 1. The lowest BCUT2D eigenvalue weighted by molar-refractivity contribution is -0.122. The molecule has 2 rings (SSSR count). The third-order valence-electron chi connectivity index (χ3n) is 3.68. The van der Waals surface area contributed by atoms with E-state index >= 15 is 0 Å². The highest BCUT2D eigenvalue weighted by Crippen LogP contribution is 2.18. The Balaban J connectivity index is 1.93.